The Kier molecular flexibility index (Phi) is 5.62. The standard InChI is InChI=1S/C17H19N7O6S3/c25-5-18-8-1-7(8)12(31)19-10-13(26)23-11(16(29)30)6(3-32-14(10)23)4-33-17-20-21-24-9(15(27)28)2-22(17)24/h5,7-10,14,21H,1-4H2,(H,18,25)(H,19,31)(H,27,28)(H,29,30)/t7-,8+,9?,10?,14-/m0/s1. The molecule has 176 valence electrons. The second-order valence-electron chi connectivity index (χ2n) is 7.95. The first-order chi connectivity index (χ1) is 15.8. The minimum Gasteiger partial charge on any atom is -0.480 e. The van der Waals surface area contributed by atoms with Crippen LogP contribution in [0.1, 0.15) is 6.42 Å². The van der Waals surface area contributed by atoms with Crippen molar-refractivity contribution >= 4 is 70.2 Å². The third-order valence-corrected chi connectivity index (χ3v) is 8.80. The van der Waals surface area contributed by atoms with E-state index < -0.39 is 24.0 Å². The number of carboxylic acid groups (broad SMARTS) is 2. The van der Waals surface area contributed by atoms with E-state index >= 15 is 0 Å². The number of carboxylic acids is 2. The van der Waals surface area contributed by atoms with Crippen molar-refractivity contribution in [3.63, 3.8) is 0 Å². The minimum atomic E-state index is -1.18. The van der Waals surface area contributed by atoms with Crippen LogP contribution in [-0.2, 0) is 19.2 Å². The summed E-state index contributed by atoms with van der Waals surface area (Å²) in [5, 5.41) is 32.0. The number of hydrazone groups is 1. The first kappa shape index (κ1) is 22.2. The van der Waals surface area contributed by atoms with Crippen molar-refractivity contribution in [3.8, 4) is 0 Å². The van der Waals surface area contributed by atoms with Crippen LogP contribution in [0, 0.1) is 5.92 Å². The number of carbonyl (C=O) groups is 4. The second-order valence-corrected chi connectivity index (χ2v) is 10.4. The monoisotopic (exact) mass is 513 g/mol. The van der Waals surface area contributed by atoms with Gasteiger partial charge in [0.05, 0.1) is 11.5 Å². The number of amides is 2. The van der Waals surface area contributed by atoms with Gasteiger partial charge in [-0.1, -0.05) is 29.1 Å². The predicted octanol–water partition coefficient (Wildman–Crippen LogP) is -1.83. The molecule has 0 bridgehead atoms. The van der Waals surface area contributed by atoms with Gasteiger partial charge in [0.15, 0.2) is 6.04 Å². The maximum absolute atomic E-state index is 12.8. The van der Waals surface area contributed by atoms with Crippen LogP contribution in [0.25, 0.3) is 0 Å². The van der Waals surface area contributed by atoms with Gasteiger partial charge in [-0.2, -0.15) is 0 Å². The van der Waals surface area contributed by atoms with Gasteiger partial charge in [-0.3, -0.25) is 24.3 Å². The summed E-state index contributed by atoms with van der Waals surface area (Å²) in [6.07, 6.45) is 1.34. The highest BCUT2D eigenvalue weighted by molar-refractivity contribution is 8.14. The molecule has 1 aliphatic carbocycles. The number of thiocarbonyl (C=S) groups is 1. The van der Waals surface area contributed by atoms with Crippen LogP contribution in [0.4, 0.5) is 0 Å². The second kappa shape index (κ2) is 8.34. The van der Waals surface area contributed by atoms with E-state index in [9.17, 15) is 24.3 Å². The van der Waals surface area contributed by atoms with Crippen LogP contribution < -0.4 is 16.2 Å². The summed E-state index contributed by atoms with van der Waals surface area (Å²) in [4.78, 5) is 48.3. The van der Waals surface area contributed by atoms with Gasteiger partial charge in [-0.25, -0.2) is 10.3 Å². The number of hydrogen-bond donors (Lipinski definition) is 5. The molecule has 0 aromatic carbocycles. The van der Waals surface area contributed by atoms with Gasteiger partial charge < -0.3 is 20.8 Å². The number of β-lactam (4-membered cyclic amide) rings is 1. The molecule has 1 saturated carbocycles. The van der Waals surface area contributed by atoms with E-state index in [1.807, 2.05) is 0 Å². The van der Waals surface area contributed by atoms with E-state index in [1.165, 1.54) is 33.5 Å². The molecule has 0 aromatic heterocycles. The van der Waals surface area contributed by atoms with Crippen molar-refractivity contribution in [2.45, 2.75) is 29.9 Å². The van der Waals surface area contributed by atoms with Gasteiger partial charge in [-0.05, 0) is 12.0 Å². The zero-order valence-electron chi connectivity index (χ0n) is 16.8. The summed E-state index contributed by atoms with van der Waals surface area (Å²) in [5.41, 5.74) is 3.21. The molecule has 5 N–H and O–H groups in total. The summed E-state index contributed by atoms with van der Waals surface area (Å²) >= 11 is 8.11. The van der Waals surface area contributed by atoms with Gasteiger partial charge in [0.2, 0.25) is 11.6 Å². The lowest BCUT2D eigenvalue weighted by Gasteiger charge is -2.50. The molecule has 33 heavy (non-hydrogen) atoms. The molecule has 16 heteroatoms. The molecule has 0 radical (unpaired) electrons. The Labute approximate surface area is 200 Å². The smallest absolute Gasteiger partial charge is 0.352 e. The van der Waals surface area contributed by atoms with E-state index in [0.717, 1.165) is 6.42 Å². The highest BCUT2D eigenvalue weighted by atomic mass is 32.2. The number of rotatable bonds is 8. The van der Waals surface area contributed by atoms with Crippen molar-refractivity contribution < 1.29 is 29.4 Å². The summed E-state index contributed by atoms with van der Waals surface area (Å²) in [6, 6.07) is -1.32. The Hall–Kier alpha value is -2.56. The lowest BCUT2D eigenvalue weighted by atomic mass is 10.0. The zero-order chi connectivity index (χ0) is 23.4. The molecule has 2 amide bonds. The van der Waals surface area contributed by atoms with E-state index in [-0.39, 0.29) is 35.5 Å². The number of nitrogens with one attached hydrogen (secondary N) is 3. The van der Waals surface area contributed by atoms with E-state index in [1.54, 1.807) is 5.01 Å². The highest BCUT2D eigenvalue weighted by Crippen LogP contribution is 2.42. The Morgan fingerprint density at radius 3 is 2.88 bits per heavy atom. The van der Waals surface area contributed by atoms with Crippen LogP contribution in [0.15, 0.2) is 16.4 Å². The lowest BCUT2D eigenvalue weighted by Crippen LogP contribution is -2.70. The van der Waals surface area contributed by atoms with Gasteiger partial charge in [0.1, 0.15) is 17.1 Å². The first-order valence-corrected chi connectivity index (χ1v) is 12.4. The molecule has 2 saturated heterocycles. The molecule has 4 aliphatic heterocycles. The van der Waals surface area contributed by atoms with Crippen molar-refractivity contribution in [2.75, 3.05) is 18.1 Å². The van der Waals surface area contributed by atoms with E-state index in [0.29, 0.717) is 33.6 Å². The normalized spacial score (nSPS) is 31.9. The number of carbonyl (C=O) groups excluding carboxylic acids is 2. The molecular formula is C17H19N7O6S3. The molecule has 4 heterocycles. The summed E-state index contributed by atoms with van der Waals surface area (Å²) < 4.78 is 0. The highest BCUT2D eigenvalue weighted by Gasteiger charge is 2.55. The Bertz CT molecular complexity index is 1020. The topological polar surface area (TPSA) is 167 Å². The van der Waals surface area contributed by atoms with E-state index in [4.69, 9.17) is 17.3 Å². The van der Waals surface area contributed by atoms with Gasteiger partial charge in [0.25, 0.3) is 5.91 Å². The van der Waals surface area contributed by atoms with E-state index in [2.05, 4.69) is 21.3 Å². The number of hydrogen-bond acceptors (Lipinski definition) is 11. The van der Waals surface area contributed by atoms with Gasteiger partial charge in [-0.15, -0.1) is 16.9 Å². The van der Waals surface area contributed by atoms with Crippen molar-refractivity contribution in [3.05, 3.63) is 11.3 Å². The predicted molar refractivity (Wildman–Crippen MR) is 121 cm³/mol. The van der Waals surface area contributed by atoms with Crippen LogP contribution >= 0.6 is 35.7 Å². The number of hydrazine groups is 2. The molecule has 13 nitrogen and oxygen atoms in total. The van der Waals surface area contributed by atoms with Crippen molar-refractivity contribution in [1.82, 2.24) is 31.2 Å². The van der Waals surface area contributed by atoms with Gasteiger partial charge in [0, 0.05) is 23.5 Å². The third kappa shape index (κ3) is 3.70. The average Bonchev–Trinajstić information content (AvgIpc) is 3.46. The summed E-state index contributed by atoms with van der Waals surface area (Å²) in [6.45, 7) is 0.276. The fourth-order valence-electron chi connectivity index (χ4n) is 4.10. The van der Waals surface area contributed by atoms with Crippen molar-refractivity contribution in [1.29, 1.82) is 0 Å². The molecule has 3 fully saturated rings. The van der Waals surface area contributed by atoms with Crippen LogP contribution in [0.3, 0.4) is 0 Å². The molecule has 2 unspecified atom stereocenters. The number of amidine groups is 1. The maximum atomic E-state index is 12.8. The number of nitrogens with zero attached hydrogens (tertiary/aromatic N) is 4. The summed E-state index contributed by atoms with van der Waals surface area (Å²) in [5.74, 6) is -1.77. The Morgan fingerprint density at radius 1 is 1.39 bits per heavy atom. The first-order valence-electron chi connectivity index (χ1n) is 9.97. The quantitative estimate of drug-likeness (QED) is 0.140. The molecule has 5 atom stereocenters. The van der Waals surface area contributed by atoms with Crippen LogP contribution in [-0.4, -0.2) is 101 Å². The van der Waals surface area contributed by atoms with Crippen molar-refractivity contribution in [2.24, 2.45) is 11.0 Å². The molecule has 0 aromatic rings. The van der Waals surface area contributed by atoms with Crippen LogP contribution in [0.5, 0.6) is 0 Å². The fourth-order valence-corrected chi connectivity index (χ4v) is 6.92. The average molecular weight is 514 g/mol. The number of fused-ring (bicyclic) bond motifs is 2. The summed E-state index contributed by atoms with van der Waals surface area (Å²) in [7, 11) is 0. The Balaban J connectivity index is 1.21. The lowest BCUT2D eigenvalue weighted by molar-refractivity contribution is -0.176. The molecular weight excluding hydrogens is 494 g/mol. The minimum absolute atomic E-state index is 0.00956. The number of thioether (sulfide) groups is 2. The maximum Gasteiger partial charge on any atom is 0.352 e. The largest absolute Gasteiger partial charge is 0.480 e. The molecule has 5 aliphatic rings. The van der Waals surface area contributed by atoms with Gasteiger partial charge >= 0.3 is 11.9 Å². The zero-order valence-corrected chi connectivity index (χ0v) is 19.3. The third-order valence-electron chi connectivity index (χ3n) is 5.99. The molecule has 5 rings (SSSR count). The fraction of sp³-hybridized carbons (Fsp3) is 0.529. The number of aliphatic carboxylic acids is 2. The molecule has 0 spiro atoms. The SMILES string of the molecule is O=CN[C@@H]1C[C@@H]1C(=S)NC1C(=O)N2C(C(=O)O)=C(CSC3=NNN4C(C(=O)O)CN34)CS[C@@H]12. The van der Waals surface area contributed by atoms with Crippen LogP contribution in [0.2, 0.25) is 0 Å². The Morgan fingerprint density at radius 2 is 2.18 bits per heavy atom.